The molecule has 0 bridgehead atoms. The van der Waals surface area contributed by atoms with Gasteiger partial charge in [0.05, 0.1) is 0 Å². The predicted molar refractivity (Wildman–Crippen MR) is 104 cm³/mol. The van der Waals surface area contributed by atoms with E-state index in [0.717, 1.165) is 57.1 Å². The van der Waals surface area contributed by atoms with Crippen LogP contribution in [0.3, 0.4) is 0 Å². The van der Waals surface area contributed by atoms with Crippen LogP contribution in [-0.4, -0.2) is 36.0 Å². The Morgan fingerprint density at radius 3 is 2.21 bits per heavy atom. The summed E-state index contributed by atoms with van der Waals surface area (Å²) in [7, 11) is 0. The predicted octanol–water partition coefficient (Wildman–Crippen LogP) is 4.63. The molecule has 0 aromatic carbocycles. The zero-order valence-corrected chi connectivity index (χ0v) is 15.9. The number of piperazine rings is 1. The second-order valence-electron chi connectivity index (χ2n) is 7.28. The summed E-state index contributed by atoms with van der Waals surface area (Å²) in [5, 5.41) is 0. The van der Waals surface area contributed by atoms with Crippen molar-refractivity contribution in [3.63, 3.8) is 0 Å². The van der Waals surface area contributed by atoms with Crippen molar-refractivity contribution in [1.82, 2.24) is 9.80 Å². The monoisotopic (exact) mass is 331 g/mol. The first-order chi connectivity index (χ1) is 11.7. The van der Waals surface area contributed by atoms with Crippen LogP contribution in [0.2, 0.25) is 0 Å². The third-order valence-corrected chi connectivity index (χ3v) is 5.52. The van der Waals surface area contributed by atoms with Crippen molar-refractivity contribution >= 4 is 0 Å². The van der Waals surface area contributed by atoms with Gasteiger partial charge in [-0.1, -0.05) is 44.9 Å². The summed E-state index contributed by atoms with van der Waals surface area (Å²) in [5.41, 5.74) is 9.61. The van der Waals surface area contributed by atoms with Crippen LogP contribution in [0, 0.1) is 5.92 Å². The van der Waals surface area contributed by atoms with Crippen LogP contribution in [0.1, 0.15) is 65.2 Å². The van der Waals surface area contributed by atoms with E-state index in [-0.39, 0.29) is 0 Å². The highest BCUT2D eigenvalue weighted by atomic mass is 15.3. The minimum absolute atomic E-state index is 0.790. The quantitative estimate of drug-likeness (QED) is 0.738. The van der Waals surface area contributed by atoms with E-state index in [0.29, 0.717) is 0 Å². The number of hydrogen-bond acceptors (Lipinski definition) is 3. The first kappa shape index (κ1) is 19.0. The number of rotatable bonds is 7. The molecule has 2 N–H and O–H groups in total. The van der Waals surface area contributed by atoms with Gasteiger partial charge in [-0.3, -0.25) is 0 Å². The van der Waals surface area contributed by atoms with Gasteiger partial charge in [-0.25, -0.2) is 0 Å². The average Bonchev–Trinajstić information content (AvgIpc) is 2.61. The maximum atomic E-state index is 5.75. The van der Waals surface area contributed by atoms with E-state index in [2.05, 4.69) is 42.4 Å². The summed E-state index contributed by atoms with van der Waals surface area (Å²) in [6.45, 7) is 12.8. The molecule has 2 fully saturated rings. The molecule has 0 amide bonds. The third-order valence-electron chi connectivity index (χ3n) is 5.52. The molecular formula is C21H37N3. The van der Waals surface area contributed by atoms with Crippen molar-refractivity contribution in [2.75, 3.05) is 26.2 Å². The molecular weight excluding hydrogens is 294 g/mol. The fourth-order valence-corrected chi connectivity index (χ4v) is 4.19. The van der Waals surface area contributed by atoms with Gasteiger partial charge < -0.3 is 15.5 Å². The van der Waals surface area contributed by atoms with Crippen LogP contribution in [0.5, 0.6) is 0 Å². The van der Waals surface area contributed by atoms with Crippen molar-refractivity contribution in [3.8, 4) is 0 Å². The van der Waals surface area contributed by atoms with Gasteiger partial charge in [-0.2, -0.15) is 0 Å². The number of allylic oxidation sites excluding steroid dienone is 5. The lowest BCUT2D eigenvalue weighted by atomic mass is 9.85. The molecule has 24 heavy (non-hydrogen) atoms. The molecule has 0 aromatic rings. The molecule has 1 heterocycles. The van der Waals surface area contributed by atoms with Gasteiger partial charge in [0.2, 0.25) is 0 Å². The summed E-state index contributed by atoms with van der Waals surface area (Å²) < 4.78 is 0. The van der Waals surface area contributed by atoms with Crippen molar-refractivity contribution in [3.05, 3.63) is 35.8 Å². The van der Waals surface area contributed by atoms with E-state index in [1.54, 1.807) is 5.70 Å². The highest BCUT2D eigenvalue weighted by Gasteiger charge is 2.25. The second kappa shape index (κ2) is 9.80. The lowest BCUT2D eigenvalue weighted by Gasteiger charge is -2.42. The molecule has 0 atom stereocenters. The number of nitrogens with two attached hydrogens (primary N) is 1. The van der Waals surface area contributed by atoms with Gasteiger partial charge in [0, 0.05) is 43.3 Å². The number of nitrogens with zero attached hydrogens (tertiary/aromatic N) is 2. The van der Waals surface area contributed by atoms with E-state index < -0.39 is 0 Å². The highest BCUT2D eigenvalue weighted by Crippen LogP contribution is 2.32. The molecule has 0 spiro atoms. The molecule has 2 aliphatic rings. The minimum Gasteiger partial charge on any atom is -0.403 e. The molecule has 3 heteroatoms. The Labute approximate surface area is 149 Å². The van der Waals surface area contributed by atoms with Gasteiger partial charge in [0.15, 0.2) is 0 Å². The largest absolute Gasteiger partial charge is 0.403 e. The Morgan fingerprint density at radius 2 is 1.67 bits per heavy atom. The Hall–Kier alpha value is -1.38. The summed E-state index contributed by atoms with van der Waals surface area (Å²) in [4.78, 5) is 5.22. The number of hydrogen-bond donors (Lipinski definition) is 1. The van der Waals surface area contributed by atoms with E-state index in [4.69, 9.17) is 5.73 Å². The van der Waals surface area contributed by atoms with E-state index in [1.807, 2.05) is 0 Å². The van der Waals surface area contributed by atoms with E-state index >= 15 is 0 Å². The Morgan fingerprint density at radius 1 is 1.04 bits per heavy atom. The maximum absolute atomic E-state index is 5.75. The van der Waals surface area contributed by atoms with Crippen LogP contribution < -0.4 is 5.73 Å². The molecule has 1 saturated heterocycles. The highest BCUT2D eigenvalue weighted by molar-refractivity contribution is 5.10. The van der Waals surface area contributed by atoms with Crippen molar-refractivity contribution in [2.45, 2.75) is 65.2 Å². The lowest BCUT2D eigenvalue weighted by Crippen LogP contribution is -2.46. The zero-order valence-electron chi connectivity index (χ0n) is 15.9. The van der Waals surface area contributed by atoms with E-state index in [9.17, 15) is 0 Å². The first-order valence-corrected chi connectivity index (χ1v) is 9.94. The van der Waals surface area contributed by atoms with Gasteiger partial charge in [-0.05, 0) is 44.9 Å². The molecule has 1 aliphatic carbocycles. The normalized spacial score (nSPS) is 21.2. The standard InChI is InChI=1S/C21H37N3/c1-4-9-21(19-10-7-6-8-11-19)24-16-14-23(15-17-24)20(5-2)13-12-18(3)22/h5,9,19H,3-4,6-8,10-17,22H2,1-2H3/b20-5+,21-9+. The summed E-state index contributed by atoms with van der Waals surface area (Å²) in [5.74, 6) is 0.812. The Bertz CT molecular complexity index is 450. The van der Waals surface area contributed by atoms with Gasteiger partial charge in [0.25, 0.3) is 0 Å². The fourth-order valence-electron chi connectivity index (χ4n) is 4.19. The average molecular weight is 332 g/mol. The summed E-state index contributed by atoms with van der Waals surface area (Å²) in [6.07, 6.45) is 14.9. The van der Waals surface area contributed by atoms with E-state index in [1.165, 1.54) is 37.8 Å². The first-order valence-electron chi connectivity index (χ1n) is 9.94. The van der Waals surface area contributed by atoms with Gasteiger partial charge in [0.1, 0.15) is 0 Å². The van der Waals surface area contributed by atoms with Crippen LogP contribution in [0.15, 0.2) is 35.8 Å². The molecule has 0 aromatic heterocycles. The SMILES string of the molecule is C=C(N)CC/C(=C\C)N1CCN(/C(=C/CC)C2CCCCC2)CC1. The molecule has 1 saturated carbocycles. The molecule has 3 nitrogen and oxygen atoms in total. The smallest absolute Gasteiger partial charge is 0.0351 e. The van der Waals surface area contributed by atoms with Crippen molar-refractivity contribution < 1.29 is 0 Å². The van der Waals surface area contributed by atoms with Gasteiger partial charge in [-0.15, -0.1) is 0 Å². The Kier molecular flexibility index (Phi) is 7.74. The fraction of sp³-hybridized carbons (Fsp3) is 0.714. The van der Waals surface area contributed by atoms with Gasteiger partial charge >= 0.3 is 0 Å². The minimum atomic E-state index is 0.790. The summed E-state index contributed by atoms with van der Waals surface area (Å²) in [6, 6.07) is 0. The zero-order chi connectivity index (χ0) is 17.4. The molecule has 136 valence electrons. The second-order valence-corrected chi connectivity index (χ2v) is 7.28. The molecule has 1 aliphatic heterocycles. The van der Waals surface area contributed by atoms with Crippen molar-refractivity contribution in [2.24, 2.45) is 11.7 Å². The van der Waals surface area contributed by atoms with Crippen molar-refractivity contribution in [1.29, 1.82) is 0 Å². The molecule has 0 radical (unpaired) electrons. The molecule has 0 unspecified atom stereocenters. The molecule has 2 rings (SSSR count). The maximum Gasteiger partial charge on any atom is 0.0351 e. The third kappa shape index (κ3) is 5.32. The van der Waals surface area contributed by atoms with Crippen LogP contribution in [-0.2, 0) is 0 Å². The van der Waals surface area contributed by atoms with Crippen LogP contribution in [0.4, 0.5) is 0 Å². The lowest BCUT2D eigenvalue weighted by molar-refractivity contribution is 0.166. The Balaban J connectivity index is 1.92. The van der Waals surface area contributed by atoms with Crippen LogP contribution in [0.25, 0.3) is 0 Å². The van der Waals surface area contributed by atoms with Crippen LogP contribution >= 0.6 is 0 Å². The summed E-state index contributed by atoms with van der Waals surface area (Å²) >= 11 is 0. The topological polar surface area (TPSA) is 32.5 Å².